The molecule has 3 nitrogen and oxygen atoms in total. The van der Waals surface area contributed by atoms with Gasteiger partial charge in [-0.3, -0.25) is 5.32 Å². The summed E-state index contributed by atoms with van der Waals surface area (Å²) < 4.78 is 19.1. The lowest BCUT2D eigenvalue weighted by atomic mass is 9.99. The highest BCUT2D eigenvalue weighted by Gasteiger charge is 2.43. The van der Waals surface area contributed by atoms with Crippen molar-refractivity contribution < 1.29 is 9.13 Å². The van der Waals surface area contributed by atoms with E-state index in [2.05, 4.69) is 11.4 Å². The number of nitrogens with zero attached hydrogens (tertiary/aromatic N) is 1. The van der Waals surface area contributed by atoms with Gasteiger partial charge in [-0.2, -0.15) is 5.26 Å². The standard InChI is InChI=1S/C16H19FN2O/c1-11-8-13(4-5-15(11)17)20-14-6-7-16(9-14,10-18)19-12-2-3-12/h4-5,8,12,14,19H,2-3,6-7,9H2,1H3. The number of aryl methyl sites for hydroxylation is 1. The molecule has 1 N–H and O–H groups in total. The third kappa shape index (κ3) is 2.78. The fraction of sp³-hybridized carbons (Fsp3) is 0.562. The van der Waals surface area contributed by atoms with Gasteiger partial charge in [0.25, 0.3) is 0 Å². The van der Waals surface area contributed by atoms with E-state index < -0.39 is 5.54 Å². The largest absolute Gasteiger partial charge is 0.490 e. The Morgan fingerprint density at radius 2 is 2.20 bits per heavy atom. The van der Waals surface area contributed by atoms with E-state index >= 15 is 0 Å². The molecular weight excluding hydrogens is 255 g/mol. The highest BCUT2D eigenvalue weighted by Crippen LogP contribution is 2.35. The molecule has 0 amide bonds. The molecule has 2 fully saturated rings. The van der Waals surface area contributed by atoms with Crippen molar-refractivity contribution in [1.82, 2.24) is 5.32 Å². The highest BCUT2D eigenvalue weighted by molar-refractivity contribution is 5.29. The van der Waals surface area contributed by atoms with Crippen molar-refractivity contribution in [3.05, 3.63) is 29.6 Å². The summed E-state index contributed by atoms with van der Waals surface area (Å²) in [5.74, 6) is 0.472. The van der Waals surface area contributed by atoms with Gasteiger partial charge in [0.05, 0.1) is 6.07 Å². The fourth-order valence-electron chi connectivity index (χ4n) is 2.87. The van der Waals surface area contributed by atoms with E-state index in [1.54, 1.807) is 19.1 Å². The first-order valence-corrected chi connectivity index (χ1v) is 7.22. The van der Waals surface area contributed by atoms with Crippen molar-refractivity contribution in [3.8, 4) is 11.8 Å². The van der Waals surface area contributed by atoms with Crippen molar-refractivity contribution in [2.24, 2.45) is 0 Å². The second-order valence-corrected chi connectivity index (χ2v) is 6.01. The predicted molar refractivity (Wildman–Crippen MR) is 73.9 cm³/mol. The number of hydrogen-bond acceptors (Lipinski definition) is 3. The summed E-state index contributed by atoms with van der Waals surface area (Å²) in [7, 11) is 0. The van der Waals surface area contributed by atoms with Gasteiger partial charge in [-0.1, -0.05) is 0 Å². The molecule has 0 spiro atoms. The van der Waals surface area contributed by atoms with Crippen LogP contribution in [0.5, 0.6) is 5.75 Å². The zero-order valence-electron chi connectivity index (χ0n) is 11.7. The lowest BCUT2D eigenvalue weighted by Crippen LogP contribution is -2.43. The smallest absolute Gasteiger partial charge is 0.126 e. The van der Waals surface area contributed by atoms with E-state index in [-0.39, 0.29) is 11.9 Å². The third-order valence-corrected chi connectivity index (χ3v) is 4.17. The first-order chi connectivity index (χ1) is 9.60. The first kappa shape index (κ1) is 13.4. The van der Waals surface area contributed by atoms with Crippen LogP contribution >= 0.6 is 0 Å². The Hall–Kier alpha value is -1.60. The third-order valence-electron chi connectivity index (χ3n) is 4.17. The quantitative estimate of drug-likeness (QED) is 0.917. The summed E-state index contributed by atoms with van der Waals surface area (Å²) in [6, 6.07) is 7.75. The van der Waals surface area contributed by atoms with E-state index in [4.69, 9.17) is 4.74 Å². The van der Waals surface area contributed by atoms with Crippen molar-refractivity contribution in [2.75, 3.05) is 0 Å². The van der Waals surface area contributed by atoms with Gasteiger partial charge in [0, 0.05) is 12.5 Å². The van der Waals surface area contributed by atoms with E-state index in [0.717, 1.165) is 12.8 Å². The molecule has 106 valence electrons. The molecule has 2 unspecified atom stereocenters. The number of rotatable bonds is 4. The minimum absolute atomic E-state index is 0.0331. The van der Waals surface area contributed by atoms with Crippen LogP contribution in [-0.4, -0.2) is 17.7 Å². The molecule has 2 atom stereocenters. The number of halogens is 1. The lowest BCUT2D eigenvalue weighted by Gasteiger charge is -2.22. The zero-order valence-corrected chi connectivity index (χ0v) is 11.7. The molecule has 1 aromatic rings. The average molecular weight is 274 g/mol. The first-order valence-electron chi connectivity index (χ1n) is 7.22. The maximum Gasteiger partial charge on any atom is 0.126 e. The molecule has 3 rings (SSSR count). The maximum absolute atomic E-state index is 13.2. The zero-order chi connectivity index (χ0) is 14.2. The maximum atomic E-state index is 13.2. The number of nitrogens with one attached hydrogen (secondary N) is 1. The predicted octanol–water partition coefficient (Wildman–Crippen LogP) is 3.08. The minimum atomic E-state index is -0.430. The molecule has 2 aliphatic rings. The van der Waals surface area contributed by atoms with E-state index in [9.17, 15) is 9.65 Å². The van der Waals surface area contributed by atoms with Crippen molar-refractivity contribution in [3.63, 3.8) is 0 Å². The van der Waals surface area contributed by atoms with Crippen LogP contribution in [0.3, 0.4) is 0 Å². The summed E-state index contributed by atoms with van der Waals surface area (Å²) in [5, 5.41) is 12.9. The van der Waals surface area contributed by atoms with Crippen LogP contribution in [0.15, 0.2) is 18.2 Å². The van der Waals surface area contributed by atoms with Crippen molar-refractivity contribution in [2.45, 2.75) is 56.7 Å². The van der Waals surface area contributed by atoms with Crippen LogP contribution in [0.1, 0.15) is 37.7 Å². The minimum Gasteiger partial charge on any atom is -0.490 e. The molecule has 0 bridgehead atoms. The Balaban J connectivity index is 1.64. The monoisotopic (exact) mass is 274 g/mol. The molecule has 0 saturated heterocycles. The Kier molecular flexibility index (Phi) is 3.39. The molecule has 20 heavy (non-hydrogen) atoms. The normalized spacial score (nSPS) is 29.1. The number of ether oxygens (including phenoxy) is 1. The molecule has 2 saturated carbocycles. The second-order valence-electron chi connectivity index (χ2n) is 6.01. The summed E-state index contributed by atoms with van der Waals surface area (Å²) in [6.45, 7) is 1.73. The highest BCUT2D eigenvalue weighted by atomic mass is 19.1. The van der Waals surface area contributed by atoms with Gasteiger partial charge in [0.15, 0.2) is 0 Å². The molecule has 4 heteroatoms. The van der Waals surface area contributed by atoms with Gasteiger partial charge in [-0.25, -0.2) is 4.39 Å². The van der Waals surface area contributed by atoms with Crippen LogP contribution in [0.25, 0.3) is 0 Å². The molecular formula is C16H19FN2O. The van der Waals surface area contributed by atoms with Crippen molar-refractivity contribution >= 4 is 0 Å². The Bertz CT molecular complexity index is 550. The van der Waals surface area contributed by atoms with Crippen LogP contribution in [0, 0.1) is 24.1 Å². The van der Waals surface area contributed by atoms with E-state index in [0.29, 0.717) is 23.8 Å². The fourth-order valence-corrected chi connectivity index (χ4v) is 2.87. The van der Waals surface area contributed by atoms with Gasteiger partial charge in [-0.05, 0) is 56.4 Å². The molecule has 0 aromatic heterocycles. The average Bonchev–Trinajstić information content (AvgIpc) is 3.15. The molecule has 2 aliphatic carbocycles. The molecule has 0 radical (unpaired) electrons. The second kappa shape index (κ2) is 5.06. The summed E-state index contributed by atoms with van der Waals surface area (Å²) >= 11 is 0. The summed E-state index contributed by atoms with van der Waals surface area (Å²) in [5.41, 5.74) is 0.157. The number of nitriles is 1. The SMILES string of the molecule is Cc1cc(OC2CCC(C#N)(NC3CC3)C2)ccc1F. The number of benzene rings is 1. The molecule has 1 aromatic carbocycles. The lowest BCUT2D eigenvalue weighted by molar-refractivity contribution is 0.200. The Morgan fingerprint density at radius 1 is 1.40 bits per heavy atom. The van der Waals surface area contributed by atoms with Gasteiger partial charge in [-0.15, -0.1) is 0 Å². The van der Waals surface area contributed by atoms with E-state index in [1.165, 1.54) is 18.9 Å². The van der Waals surface area contributed by atoms with Crippen molar-refractivity contribution in [1.29, 1.82) is 5.26 Å². The van der Waals surface area contributed by atoms with Crippen LogP contribution in [0.2, 0.25) is 0 Å². The van der Waals surface area contributed by atoms with Crippen LogP contribution in [-0.2, 0) is 0 Å². The van der Waals surface area contributed by atoms with E-state index in [1.807, 2.05) is 0 Å². The molecule has 0 aliphatic heterocycles. The summed E-state index contributed by atoms with van der Waals surface area (Å²) in [4.78, 5) is 0. The van der Waals surface area contributed by atoms with Crippen LogP contribution in [0.4, 0.5) is 4.39 Å². The van der Waals surface area contributed by atoms with Gasteiger partial charge in [0.2, 0.25) is 0 Å². The van der Waals surface area contributed by atoms with Gasteiger partial charge >= 0.3 is 0 Å². The Morgan fingerprint density at radius 3 is 2.85 bits per heavy atom. The number of hydrogen-bond donors (Lipinski definition) is 1. The van der Waals surface area contributed by atoms with Gasteiger partial charge < -0.3 is 4.74 Å². The van der Waals surface area contributed by atoms with Crippen LogP contribution < -0.4 is 10.1 Å². The molecule has 0 heterocycles. The summed E-state index contributed by atoms with van der Waals surface area (Å²) in [6.07, 6.45) is 4.77. The Labute approximate surface area is 118 Å². The topological polar surface area (TPSA) is 45.0 Å². The van der Waals surface area contributed by atoms with Gasteiger partial charge in [0.1, 0.15) is 23.2 Å².